The number of hydrogen-bond acceptors (Lipinski definition) is 4. The first-order valence-electron chi connectivity index (χ1n) is 6.78. The van der Waals surface area contributed by atoms with E-state index in [2.05, 4.69) is 34.7 Å². The van der Waals surface area contributed by atoms with Crippen molar-refractivity contribution in [2.45, 2.75) is 20.4 Å². The number of hydrogen-bond donors (Lipinski definition) is 1. The highest BCUT2D eigenvalue weighted by Gasteiger charge is 2.17. The van der Waals surface area contributed by atoms with Crippen molar-refractivity contribution in [1.82, 2.24) is 14.8 Å². The maximum absolute atomic E-state index is 5.59. The van der Waals surface area contributed by atoms with Gasteiger partial charge in [-0.1, -0.05) is 19.9 Å². The van der Waals surface area contributed by atoms with Crippen molar-refractivity contribution in [3.63, 3.8) is 0 Å². The van der Waals surface area contributed by atoms with E-state index in [1.165, 1.54) is 25.2 Å². The zero-order valence-electron chi connectivity index (χ0n) is 11.5. The summed E-state index contributed by atoms with van der Waals surface area (Å²) in [6, 6.07) is 3.95. The number of aromatic nitrogens is 1. The molecule has 4 heteroatoms. The first kappa shape index (κ1) is 13.3. The molecule has 1 aromatic rings. The van der Waals surface area contributed by atoms with Crippen LogP contribution >= 0.6 is 0 Å². The first-order chi connectivity index (χ1) is 8.63. The van der Waals surface area contributed by atoms with Crippen molar-refractivity contribution in [2.24, 2.45) is 5.92 Å². The quantitative estimate of drug-likeness (QED) is 0.876. The highest BCUT2D eigenvalue weighted by atomic mass is 15.3. The minimum Gasteiger partial charge on any atom is -0.384 e. The normalized spacial score (nSPS) is 18.4. The summed E-state index contributed by atoms with van der Waals surface area (Å²) in [5, 5.41) is 0. The van der Waals surface area contributed by atoms with Gasteiger partial charge in [0.05, 0.1) is 0 Å². The molecular weight excluding hydrogens is 224 g/mol. The smallest absolute Gasteiger partial charge is 0.123 e. The minimum absolute atomic E-state index is 0.598. The third-order valence-electron chi connectivity index (χ3n) is 3.34. The SMILES string of the molecule is CC(C)CN1CCN(Cc2ccc(N)nc2)CC1. The number of nitrogen functional groups attached to an aromatic ring is 1. The van der Waals surface area contributed by atoms with Crippen LogP contribution in [0.3, 0.4) is 0 Å². The molecule has 1 saturated heterocycles. The predicted molar refractivity (Wildman–Crippen MR) is 75.2 cm³/mol. The standard InChI is InChI=1S/C14H24N4/c1-12(2)10-17-5-7-18(8-6-17)11-13-3-4-14(15)16-9-13/h3-4,9,12H,5-8,10-11H2,1-2H3,(H2,15,16). The molecule has 0 unspecified atom stereocenters. The second kappa shape index (κ2) is 6.16. The number of nitrogens with two attached hydrogens (primary N) is 1. The van der Waals surface area contributed by atoms with E-state index in [-0.39, 0.29) is 0 Å². The largest absolute Gasteiger partial charge is 0.384 e. The Kier molecular flexibility index (Phi) is 4.55. The zero-order chi connectivity index (χ0) is 13.0. The van der Waals surface area contributed by atoms with E-state index in [1.807, 2.05) is 12.3 Å². The van der Waals surface area contributed by atoms with Crippen LogP contribution in [0.1, 0.15) is 19.4 Å². The average molecular weight is 248 g/mol. The van der Waals surface area contributed by atoms with Crippen molar-refractivity contribution in [3.05, 3.63) is 23.9 Å². The molecule has 0 bridgehead atoms. The Hall–Kier alpha value is -1.13. The zero-order valence-corrected chi connectivity index (χ0v) is 11.5. The summed E-state index contributed by atoms with van der Waals surface area (Å²) >= 11 is 0. The van der Waals surface area contributed by atoms with E-state index in [0.717, 1.165) is 25.6 Å². The van der Waals surface area contributed by atoms with Gasteiger partial charge in [-0.25, -0.2) is 4.98 Å². The lowest BCUT2D eigenvalue weighted by molar-refractivity contribution is 0.117. The van der Waals surface area contributed by atoms with E-state index in [4.69, 9.17) is 5.73 Å². The molecule has 100 valence electrons. The molecule has 0 atom stereocenters. The molecule has 2 rings (SSSR count). The fourth-order valence-electron chi connectivity index (χ4n) is 2.43. The molecule has 2 N–H and O–H groups in total. The van der Waals surface area contributed by atoms with Gasteiger partial charge in [-0.05, 0) is 17.5 Å². The van der Waals surface area contributed by atoms with Crippen LogP contribution < -0.4 is 5.73 Å². The average Bonchev–Trinajstić information content (AvgIpc) is 2.34. The molecular formula is C14H24N4. The number of rotatable bonds is 4. The van der Waals surface area contributed by atoms with Gasteiger partial charge in [0.25, 0.3) is 0 Å². The molecule has 18 heavy (non-hydrogen) atoms. The number of anilines is 1. The third-order valence-corrected chi connectivity index (χ3v) is 3.34. The van der Waals surface area contributed by atoms with E-state index >= 15 is 0 Å². The minimum atomic E-state index is 0.598. The van der Waals surface area contributed by atoms with E-state index in [9.17, 15) is 0 Å². The van der Waals surface area contributed by atoms with E-state index in [1.54, 1.807) is 0 Å². The van der Waals surface area contributed by atoms with Gasteiger partial charge in [-0.3, -0.25) is 4.90 Å². The molecule has 1 fully saturated rings. The summed E-state index contributed by atoms with van der Waals surface area (Å²) in [4.78, 5) is 9.19. The van der Waals surface area contributed by atoms with Crippen LogP contribution in [0.2, 0.25) is 0 Å². The molecule has 1 aliphatic rings. The maximum Gasteiger partial charge on any atom is 0.123 e. The van der Waals surface area contributed by atoms with Crippen LogP contribution in [0, 0.1) is 5.92 Å². The van der Waals surface area contributed by atoms with Crippen LogP contribution in [0.15, 0.2) is 18.3 Å². The van der Waals surface area contributed by atoms with Gasteiger partial charge >= 0.3 is 0 Å². The number of pyridine rings is 1. The highest BCUT2D eigenvalue weighted by molar-refractivity contribution is 5.29. The molecule has 0 saturated carbocycles. The van der Waals surface area contributed by atoms with Gasteiger partial charge < -0.3 is 10.6 Å². The van der Waals surface area contributed by atoms with Gasteiger partial charge in [0.15, 0.2) is 0 Å². The Morgan fingerprint density at radius 2 is 1.83 bits per heavy atom. The highest BCUT2D eigenvalue weighted by Crippen LogP contribution is 2.10. The molecule has 1 aromatic heterocycles. The fourth-order valence-corrected chi connectivity index (χ4v) is 2.43. The fraction of sp³-hybridized carbons (Fsp3) is 0.643. The van der Waals surface area contributed by atoms with Gasteiger partial charge in [-0.15, -0.1) is 0 Å². The summed E-state index contributed by atoms with van der Waals surface area (Å²) in [6.45, 7) is 11.4. The lowest BCUT2D eigenvalue weighted by Crippen LogP contribution is -2.46. The Bertz CT molecular complexity index is 353. The summed E-state index contributed by atoms with van der Waals surface area (Å²) < 4.78 is 0. The van der Waals surface area contributed by atoms with Crippen LogP contribution in [0.5, 0.6) is 0 Å². The summed E-state index contributed by atoms with van der Waals surface area (Å²) in [5.41, 5.74) is 6.84. The van der Waals surface area contributed by atoms with Crippen LogP contribution in [-0.2, 0) is 6.54 Å². The molecule has 0 amide bonds. The third kappa shape index (κ3) is 3.96. The van der Waals surface area contributed by atoms with Crippen molar-refractivity contribution >= 4 is 5.82 Å². The molecule has 0 aliphatic carbocycles. The Balaban J connectivity index is 1.78. The van der Waals surface area contributed by atoms with Gasteiger partial charge in [-0.2, -0.15) is 0 Å². The van der Waals surface area contributed by atoms with Crippen LogP contribution in [-0.4, -0.2) is 47.5 Å². The second-order valence-corrected chi connectivity index (χ2v) is 5.56. The van der Waals surface area contributed by atoms with Gasteiger partial charge in [0.2, 0.25) is 0 Å². The molecule has 0 spiro atoms. The Labute approximate surface area is 110 Å². The monoisotopic (exact) mass is 248 g/mol. The Morgan fingerprint density at radius 1 is 1.17 bits per heavy atom. The first-order valence-corrected chi connectivity index (χ1v) is 6.78. The number of piperazine rings is 1. The van der Waals surface area contributed by atoms with Gasteiger partial charge in [0.1, 0.15) is 5.82 Å². The van der Waals surface area contributed by atoms with Crippen LogP contribution in [0.25, 0.3) is 0 Å². The lowest BCUT2D eigenvalue weighted by Gasteiger charge is -2.35. The molecule has 4 nitrogen and oxygen atoms in total. The van der Waals surface area contributed by atoms with Crippen molar-refractivity contribution in [2.75, 3.05) is 38.5 Å². The van der Waals surface area contributed by atoms with Crippen molar-refractivity contribution in [3.8, 4) is 0 Å². The molecule has 0 radical (unpaired) electrons. The van der Waals surface area contributed by atoms with E-state index in [0.29, 0.717) is 5.82 Å². The molecule has 1 aliphatic heterocycles. The topological polar surface area (TPSA) is 45.4 Å². The predicted octanol–water partition coefficient (Wildman–Crippen LogP) is 1.44. The lowest BCUT2D eigenvalue weighted by atomic mass is 10.2. The molecule has 0 aromatic carbocycles. The van der Waals surface area contributed by atoms with Crippen LogP contribution in [0.4, 0.5) is 5.82 Å². The van der Waals surface area contributed by atoms with E-state index < -0.39 is 0 Å². The maximum atomic E-state index is 5.59. The molecule has 2 heterocycles. The van der Waals surface area contributed by atoms with Crippen molar-refractivity contribution < 1.29 is 0 Å². The van der Waals surface area contributed by atoms with Gasteiger partial charge in [0, 0.05) is 45.5 Å². The summed E-state index contributed by atoms with van der Waals surface area (Å²) in [7, 11) is 0. The van der Waals surface area contributed by atoms with Crippen molar-refractivity contribution in [1.29, 1.82) is 0 Å². The summed E-state index contributed by atoms with van der Waals surface area (Å²) in [5.74, 6) is 1.36. The Morgan fingerprint density at radius 3 is 2.39 bits per heavy atom. The second-order valence-electron chi connectivity index (χ2n) is 5.56. The summed E-state index contributed by atoms with van der Waals surface area (Å²) in [6.07, 6.45) is 1.88. The number of nitrogens with zero attached hydrogens (tertiary/aromatic N) is 3.